The molecule has 0 radical (unpaired) electrons. The predicted molar refractivity (Wildman–Crippen MR) is 94.7 cm³/mol. The lowest BCUT2D eigenvalue weighted by Crippen LogP contribution is -2.44. The lowest BCUT2D eigenvalue weighted by atomic mass is 9.74. The monoisotopic (exact) mass is 346 g/mol. The SMILES string of the molecule is CN1C(=O)C([N+](=O)[O-])=C(c2ccccc2)C12C=CC(=O)c1ccccc12. The summed E-state index contributed by atoms with van der Waals surface area (Å²) >= 11 is 0. The average molecular weight is 346 g/mol. The Labute approximate surface area is 149 Å². The molecule has 1 spiro atoms. The third-order valence-corrected chi connectivity index (χ3v) is 4.98. The molecule has 4 rings (SSSR count). The molecule has 6 heteroatoms. The van der Waals surface area contributed by atoms with Gasteiger partial charge in [0.1, 0.15) is 5.54 Å². The van der Waals surface area contributed by atoms with E-state index in [0.29, 0.717) is 16.7 Å². The van der Waals surface area contributed by atoms with Gasteiger partial charge in [0.25, 0.3) is 0 Å². The number of amides is 1. The number of carbonyl (C=O) groups excluding carboxylic acids is 2. The summed E-state index contributed by atoms with van der Waals surface area (Å²) in [5.41, 5.74) is 0.211. The lowest BCUT2D eigenvalue weighted by molar-refractivity contribution is -0.417. The summed E-state index contributed by atoms with van der Waals surface area (Å²) < 4.78 is 0. The first-order valence-electron chi connectivity index (χ1n) is 8.04. The number of nitrogens with zero attached hydrogens (tertiary/aromatic N) is 2. The zero-order valence-corrected chi connectivity index (χ0v) is 13.9. The van der Waals surface area contributed by atoms with Crippen LogP contribution in [0.5, 0.6) is 0 Å². The number of likely N-dealkylation sites (N-methyl/N-ethyl adjacent to an activating group) is 1. The molecule has 2 aliphatic rings. The maximum Gasteiger partial charge on any atom is 0.340 e. The second kappa shape index (κ2) is 5.49. The molecule has 1 atom stereocenters. The van der Waals surface area contributed by atoms with Crippen molar-refractivity contribution in [2.75, 3.05) is 7.05 Å². The van der Waals surface area contributed by atoms with Gasteiger partial charge in [0.2, 0.25) is 0 Å². The molecule has 1 amide bonds. The van der Waals surface area contributed by atoms with Crippen molar-refractivity contribution in [2.45, 2.75) is 5.54 Å². The number of ketones is 1. The van der Waals surface area contributed by atoms with E-state index in [1.807, 2.05) is 0 Å². The van der Waals surface area contributed by atoms with Gasteiger partial charge in [-0.25, -0.2) is 0 Å². The highest BCUT2D eigenvalue weighted by Gasteiger charge is 2.57. The lowest BCUT2D eigenvalue weighted by Gasteiger charge is -2.38. The van der Waals surface area contributed by atoms with E-state index < -0.39 is 22.1 Å². The van der Waals surface area contributed by atoms with Crippen LogP contribution in [-0.2, 0) is 10.3 Å². The summed E-state index contributed by atoms with van der Waals surface area (Å²) in [6, 6.07) is 15.7. The summed E-state index contributed by atoms with van der Waals surface area (Å²) in [5.74, 6) is -0.864. The Morgan fingerprint density at radius 3 is 2.35 bits per heavy atom. The van der Waals surface area contributed by atoms with Crippen molar-refractivity contribution in [1.82, 2.24) is 4.90 Å². The van der Waals surface area contributed by atoms with Crippen molar-refractivity contribution in [3.63, 3.8) is 0 Å². The minimum Gasteiger partial charge on any atom is -0.319 e. The normalized spacial score (nSPS) is 21.5. The van der Waals surface area contributed by atoms with E-state index in [1.54, 1.807) is 60.7 Å². The molecule has 2 aromatic carbocycles. The van der Waals surface area contributed by atoms with Crippen LogP contribution >= 0.6 is 0 Å². The molecule has 0 saturated carbocycles. The van der Waals surface area contributed by atoms with Crippen LogP contribution in [0.4, 0.5) is 0 Å². The summed E-state index contributed by atoms with van der Waals surface area (Å²) in [6.45, 7) is 0. The highest BCUT2D eigenvalue weighted by Crippen LogP contribution is 2.51. The van der Waals surface area contributed by atoms with Gasteiger partial charge in [-0.2, -0.15) is 0 Å². The van der Waals surface area contributed by atoms with Gasteiger partial charge in [0.15, 0.2) is 5.78 Å². The number of carbonyl (C=O) groups is 2. The standard InChI is InChI=1S/C20H14N2O4/c1-21-19(24)18(22(25)26)17(13-7-3-2-4-8-13)20(21)12-11-16(23)14-9-5-6-10-15(14)20/h2-12H,1H3. The molecule has 0 aromatic heterocycles. The van der Waals surface area contributed by atoms with Crippen LogP contribution in [0.3, 0.4) is 0 Å². The molecule has 0 bridgehead atoms. The van der Waals surface area contributed by atoms with Crippen molar-refractivity contribution >= 4 is 17.3 Å². The Bertz CT molecular complexity index is 1020. The third-order valence-electron chi connectivity index (χ3n) is 4.98. The number of nitro groups is 1. The quantitative estimate of drug-likeness (QED) is 0.618. The fraction of sp³-hybridized carbons (Fsp3) is 0.100. The maximum atomic E-state index is 12.8. The minimum absolute atomic E-state index is 0.186. The van der Waals surface area contributed by atoms with Gasteiger partial charge in [-0.1, -0.05) is 54.6 Å². The first kappa shape index (κ1) is 16.0. The Morgan fingerprint density at radius 2 is 1.65 bits per heavy atom. The van der Waals surface area contributed by atoms with Gasteiger partial charge >= 0.3 is 11.6 Å². The van der Waals surface area contributed by atoms with E-state index >= 15 is 0 Å². The first-order valence-corrected chi connectivity index (χ1v) is 8.04. The van der Waals surface area contributed by atoms with E-state index in [1.165, 1.54) is 18.0 Å². The van der Waals surface area contributed by atoms with Gasteiger partial charge in [-0.3, -0.25) is 19.7 Å². The smallest absolute Gasteiger partial charge is 0.319 e. The van der Waals surface area contributed by atoms with Crippen LogP contribution in [0.15, 0.2) is 72.4 Å². The predicted octanol–water partition coefficient (Wildman–Crippen LogP) is 2.79. The van der Waals surface area contributed by atoms with Gasteiger partial charge in [0, 0.05) is 12.6 Å². The number of hydrogen-bond donors (Lipinski definition) is 0. The minimum atomic E-state index is -1.19. The second-order valence-electron chi connectivity index (χ2n) is 6.22. The summed E-state index contributed by atoms with van der Waals surface area (Å²) in [6.07, 6.45) is 2.98. The molecule has 26 heavy (non-hydrogen) atoms. The Balaban J connectivity index is 2.13. The first-order chi connectivity index (χ1) is 12.5. The van der Waals surface area contributed by atoms with Gasteiger partial charge in [0.05, 0.1) is 10.5 Å². The van der Waals surface area contributed by atoms with Crippen molar-refractivity contribution in [2.24, 2.45) is 0 Å². The van der Waals surface area contributed by atoms with Crippen LogP contribution in [-0.4, -0.2) is 28.6 Å². The van der Waals surface area contributed by atoms with Gasteiger partial charge in [-0.15, -0.1) is 0 Å². The Kier molecular flexibility index (Phi) is 3.37. The Morgan fingerprint density at radius 1 is 1.00 bits per heavy atom. The summed E-state index contributed by atoms with van der Waals surface area (Å²) in [7, 11) is 1.53. The molecule has 1 aliphatic carbocycles. The molecule has 128 valence electrons. The second-order valence-corrected chi connectivity index (χ2v) is 6.22. The molecule has 0 fully saturated rings. The molecule has 6 nitrogen and oxygen atoms in total. The molecule has 1 aliphatic heterocycles. The van der Waals surface area contributed by atoms with Gasteiger partial charge < -0.3 is 4.90 Å². The number of fused-ring (bicyclic) bond motifs is 2. The van der Waals surface area contributed by atoms with Crippen molar-refractivity contribution in [3.05, 3.63) is 99.3 Å². The highest BCUT2D eigenvalue weighted by atomic mass is 16.6. The number of allylic oxidation sites excluding steroid dienone is 1. The molecule has 1 heterocycles. The molecule has 0 saturated heterocycles. The van der Waals surface area contributed by atoms with E-state index in [0.717, 1.165) is 0 Å². The van der Waals surface area contributed by atoms with E-state index in [9.17, 15) is 19.7 Å². The summed E-state index contributed by atoms with van der Waals surface area (Å²) in [5, 5.41) is 11.8. The molecular weight excluding hydrogens is 332 g/mol. The average Bonchev–Trinajstić information content (AvgIpc) is 2.88. The van der Waals surface area contributed by atoms with Crippen molar-refractivity contribution in [1.29, 1.82) is 0 Å². The Hall–Kier alpha value is -3.54. The van der Waals surface area contributed by atoms with Crippen LogP contribution < -0.4 is 0 Å². The summed E-state index contributed by atoms with van der Waals surface area (Å²) in [4.78, 5) is 37.6. The number of benzene rings is 2. The van der Waals surface area contributed by atoms with Crippen LogP contribution in [0.1, 0.15) is 21.5 Å². The van der Waals surface area contributed by atoms with E-state index in [2.05, 4.69) is 0 Å². The van der Waals surface area contributed by atoms with E-state index in [-0.39, 0.29) is 11.4 Å². The number of rotatable bonds is 2. The van der Waals surface area contributed by atoms with Crippen LogP contribution in [0, 0.1) is 10.1 Å². The zero-order chi connectivity index (χ0) is 18.5. The molecule has 1 unspecified atom stereocenters. The number of hydrogen-bond acceptors (Lipinski definition) is 4. The van der Waals surface area contributed by atoms with Gasteiger partial charge in [-0.05, 0) is 23.3 Å². The molecule has 0 N–H and O–H groups in total. The van der Waals surface area contributed by atoms with E-state index in [4.69, 9.17) is 0 Å². The fourth-order valence-corrected chi connectivity index (χ4v) is 3.82. The largest absolute Gasteiger partial charge is 0.340 e. The van der Waals surface area contributed by atoms with Crippen molar-refractivity contribution in [3.8, 4) is 0 Å². The van der Waals surface area contributed by atoms with Crippen LogP contribution in [0.2, 0.25) is 0 Å². The zero-order valence-electron chi connectivity index (χ0n) is 13.9. The topological polar surface area (TPSA) is 80.5 Å². The fourth-order valence-electron chi connectivity index (χ4n) is 3.82. The highest BCUT2D eigenvalue weighted by molar-refractivity contribution is 6.13. The van der Waals surface area contributed by atoms with Crippen LogP contribution in [0.25, 0.3) is 5.57 Å². The van der Waals surface area contributed by atoms with Crippen molar-refractivity contribution < 1.29 is 14.5 Å². The molecular formula is C20H14N2O4. The molecule has 2 aromatic rings. The third kappa shape index (κ3) is 1.92. The maximum absolute atomic E-state index is 12.8.